The number of anilines is 1. The smallest absolute Gasteiger partial charge is 0.344 e. The molecule has 4 nitrogen and oxygen atoms in total. The van der Waals surface area contributed by atoms with E-state index in [0.717, 1.165) is 34.0 Å². The standard InChI is InChI=1S/C22H18N2O2/c1-3-10-24(2)19-5-4-16-11-18-13-20(15-6-8-23-9-7-15)22(25)26-21(18)14-17(16)12-19/h3-9,11-14H,1,10H2,2H3. The van der Waals surface area contributed by atoms with Gasteiger partial charge in [-0.3, -0.25) is 4.98 Å². The van der Waals surface area contributed by atoms with Gasteiger partial charge in [-0.25, -0.2) is 4.79 Å². The molecule has 2 aromatic carbocycles. The fraction of sp³-hybridized carbons (Fsp3) is 0.0909. The van der Waals surface area contributed by atoms with Crippen molar-refractivity contribution < 1.29 is 4.42 Å². The molecule has 128 valence electrons. The second-order valence-electron chi connectivity index (χ2n) is 6.27. The van der Waals surface area contributed by atoms with E-state index in [4.69, 9.17) is 4.42 Å². The van der Waals surface area contributed by atoms with Crippen LogP contribution in [0.5, 0.6) is 0 Å². The molecule has 4 rings (SSSR count). The van der Waals surface area contributed by atoms with Crippen LogP contribution in [0, 0.1) is 0 Å². The number of likely N-dealkylation sites (N-methyl/N-ethyl adjacent to an activating group) is 1. The molecule has 0 N–H and O–H groups in total. The average molecular weight is 342 g/mol. The van der Waals surface area contributed by atoms with E-state index in [2.05, 4.69) is 40.7 Å². The van der Waals surface area contributed by atoms with Crippen LogP contribution in [0.2, 0.25) is 0 Å². The Balaban J connectivity index is 1.88. The lowest BCUT2D eigenvalue weighted by molar-refractivity contribution is 0.564. The van der Waals surface area contributed by atoms with Crippen LogP contribution in [-0.2, 0) is 0 Å². The highest BCUT2D eigenvalue weighted by molar-refractivity contribution is 5.98. The largest absolute Gasteiger partial charge is 0.422 e. The summed E-state index contributed by atoms with van der Waals surface area (Å²) < 4.78 is 5.60. The molecule has 0 radical (unpaired) electrons. The van der Waals surface area contributed by atoms with E-state index in [1.807, 2.05) is 25.3 Å². The summed E-state index contributed by atoms with van der Waals surface area (Å²) in [6.07, 6.45) is 5.20. The van der Waals surface area contributed by atoms with Gasteiger partial charge < -0.3 is 9.32 Å². The highest BCUT2D eigenvalue weighted by Crippen LogP contribution is 2.28. The Bertz CT molecular complexity index is 1160. The number of benzene rings is 2. The molecule has 26 heavy (non-hydrogen) atoms. The van der Waals surface area contributed by atoms with Gasteiger partial charge in [-0.2, -0.15) is 0 Å². The number of rotatable bonds is 4. The zero-order chi connectivity index (χ0) is 18.1. The SMILES string of the molecule is C=CCN(C)c1ccc2cc3cc(-c4ccncc4)c(=O)oc3cc2c1. The molecule has 0 aliphatic carbocycles. The van der Waals surface area contributed by atoms with Crippen molar-refractivity contribution in [2.45, 2.75) is 0 Å². The van der Waals surface area contributed by atoms with Crippen LogP contribution in [0.15, 0.2) is 82.8 Å². The lowest BCUT2D eigenvalue weighted by Crippen LogP contribution is -2.16. The molecule has 0 aliphatic heterocycles. The Hall–Kier alpha value is -3.40. The van der Waals surface area contributed by atoms with E-state index in [1.54, 1.807) is 24.5 Å². The maximum absolute atomic E-state index is 12.4. The predicted molar refractivity (Wildman–Crippen MR) is 107 cm³/mol. The van der Waals surface area contributed by atoms with Gasteiger partial charge in [0.15, 0.2) is 0 Å². The van der Waals surface area contributed by atoms with E-state index >= 15 is 0 Å². The van der Waals surface area contributed by atoms with Crippen molar-refractivity contribution in [3.63, 3.8) is 0 Å². The van der Waals surface area contributed by atoms with Crippen molar-refractivity contribution in [3.05, 3.63) is 84.0 Å². The molecular formula is C22H18N2O2. The molecule has 0 atom stereocenters. The molecule has 0 fully saturated rings. The lowest BCUT2D eigenvalue weighted by atomic mass is 10.0. The van der Waals surface area contributed by atoms with Crippen LogP contribution in [0.4, 0.5) is 5.69 Å². The quantitative estimate of drug-likeness (QED) is 0.308. The van der Waals surface area contributed by atoms with Crippen molar-refractivity contribution in [2.75, 3.05) is 18.5 Å². The monoisotopic (exact) mass is 342 g/mol. The maximum Gasteiger partial charge on any atom is 0.344 e. The number of pyridine rings is 1. The Morgan fingerprint density at radius 1 is 1.04 bits per heavy atom. The Labute approximate surface area is 151 Å². The van der Waals surface area contributed by atoms with Gasteiger partial charge in [-0.15, -0.1) is 6.58 Å². The van der Waals surface area contributed by atoms with Gasteiger partial charge in [0.25, 0.3) is 0 Å². The molecule has 2 aromatic heterocycles. The minimum Gasteiger partial charge on any atom is -0.422 e. The molecule has 4 heteroatoms. The Morgan fingerprint density at radius 3 is 2.62 bits per heavy atom. The van der Waals surface area contributed by atoms with Gasteiger partial charge >= 0.3 is 5.63 Å². The Morgan fingerprint density at radius 2 is 1.85 bits per heavy atom. The number of fused-ring (bicyclic) bond motifs is 2. The number of aromatic nitrogens is 1. The third kappa shape index (κ3) is 2.86. The Kier molecular flexibility index (Phi) is 4.01. The second-order valence-corrected chi connectivity index (χ2v) is 6.27. The zero-order valence-corrected chi connectivity index (χ0v) is 14.5. The summed E-state index contributed by atoms with van der Waals surface area (Å²) in [4.78, 5) is 18.5. The van der Waals surface area contributed by atoms with E-state index in [9.17, 15) is 4.79 Å². The molecule has 0 saturated carbocycles. The van der Waals surface area contributed by atoms with Crippen LogP contribution in [0.3, 0.4) is 0 Å². The molecule has 2 heterocycles. The first kappa shape index (κ1) is 16.1. The van der Waals surface area contributed by atoms with Gasteiger partial charge in [0, 0.05) is 37.1 Å². The van der Waals surface area contributed by atoms with Gasteiger partial charge in [-0.05, 0) is 58.8 Å². The third-order valence-corrected chi connectivity index (χ3v) is 4.51. The molecule has 0 unspecified atom stereocenters. The van der Waals surface area contributed by atoms with Gasteiger partial charge in [0.1, 0.15) is 5.58 Å². The molecule has 0 aliphatic rings. The summed E-state index contributed by atoms with van der Waals surface area (Å²) in [5.74, 6) is 0. The molecule has 0 amide bonds. The lowest BCUT2D eigenvalue weighted by Gasteiger charge is -2.17. The van der Waals surface area contributed by atoms with Crippen LogP contribution in [0.1, 0.15) is 0 Å². The summed E-state index contributed by atoms with van der Waals surface area (Å²) in [6, 6.07) is 15.7. The maximum atomic E-state index is 12.4. The summed E-state index contributed by atoms with van der Waals surface area (Å²) in [5.41, 5.74) is 2.68. The third-order valence-electron chi connectivity index (χ3n) is 4.51. The first-order valence-electron chi connectivity index (χ1n) is 8.40. The van der Waals surface area contributed by atoms with Crippen LogP contribution >= 0.6 is 0 Å². The molecule has 0 bridgehead atoms. The van der Waals surface area contributed by atoms with Crippen LogP contribution < -0.4 is 10.5 Å². The van der Waals surface area contributed by atoms with Crippen molar-refractivity contribution in [1.82, 2.24) is 4.98 Å². The molecule has 4 aromatic rings. The normalized spacial score (nSPS) is 11.0. The summed E-state index contributed by atoms with van der Waals surface area (Å²) in [6.45, 7) is 4.54. The summed E-state index contributed by atoms with van der Waals surface area (Å²) in [7, 11) is 2.02. The number of nitrogens with zero attached hydrogens (tertiary/aromatic N) is 2. The molecule has 0 spiro atoms. The summed E-state index contributed by atoms with van der Waals surface area (Å²) >= 11 is 0. The first-order valence-corrected chi connectivity index (χ1v) is 8.40. The van der Waals surface area contributed by atoms with Crippen LogP contribution in [-0.4, -0.2) is 18.6 Å². The highest BCUT2D eigenvalue weighted by Gasteiger charge is 2.09. The second kappa shape index (κ2) is 6.48. The molecular weight excluding hydrogens is 324 g/mol. The van der Waals surface area contributed by atoms with Gasteiger partial charge in [0.2, 0.25) is 0 Å². The van der Waals surface area contributed by atoms with E-state index in [-0.39, 0.29) is 5.63 Å². The zero-order valence-electron chi connectivity index (χ0n) is 14.5. The minimum absolute atomic E-state index is 0.344. The fourth-order valence-electron chi connectivity index (χ4n) is 3.12. The van der Waals surface area contributed by atoms with Crippen molar-refractivity contribution in [1.29, 1.82) is 0 Å². The number of hydrogen-bond acceptors (Lipinski definition) is 4. The van der Waals surface area contributed by atoms with Gasteiger partial charge in [-0.1, -0.05) is 12.1 Å². The van der Waals surface area contributed by atoms with Gasteiger partial charge in [0.05, 0.1) is 5.56 Å². The van der Waals surface area contributed by atoms with E-state index in [1.165, 1.54) is 0 Å². The minimum atomic E-state index is -0.344. The summed E-state index contributed by atoms with van der Waals surface area (Å²) in [5, 5.41) is 3.03. The average Bonchev–Trinajstić information content (AvgIpc) is 2.66. The van der Waals surface area contributed by atoms with E-state index < -0.39 is 0 Å². The van der Waals surface area contributed by atoms with Crippen molar-refractivity contribution in [3.8, 4) is 11.1 Å². The topological polar surface area (TPSA) is 46.3 Å². The fourth-order valence-corrected chi connectivity index (χ4v) is 3.12. The molecule has 0 saturated heterocycles. The first-order chi connectivity index (χ1) is 12.7. The van der Waals surface area contributed by atoms with Crippen molar-refractivity contribution >= 4 is 27.4 Å². The van der Waals surface area contributed by atoms with Crippen LogP contribution in [0.25, 0.3) is 32.9 Å². The predicted octanol–water partition coefficient (Wildman–Crippen LogP) is 4.63. The van der Waals surface area contributed by atoms with Crippen molar-refractivity contribution in [2.24, 2.45) is 0 Å². The highest BCUT2D eigenvalue weighted by atomic mass is 16.4. The van der Waals surface area contributed by atoms with E-state index in [0.29, 0.717) is 11.1 Å². The number of hydrogen-bond donors (Lipinski definition) is 0.